The van der Waals surface area contributed by atoms with Crippen LogP contribution in [0, 0.1) is 17.5 Å². The first-order valence-corrected chi connectivity index (χ1v) is 4.35. The molecule has 1 N–H and O–H groups in total. The minimum absolute atomic E-state index is 0.204. The highest BCUT2D eigenvalue weighted by atomic mass is 32.1. The van der Waals surface area contributed by atoms with Crippen LogP contribution in [0.4, 0.5) is 4.39 Å². The van der Waals surface area contributed by atoms with Gasteiger partial charge in [-0.3, -0.25) is 0 Å². The molecule has 0 aliphatic carbocycles. The second kappa shape index (κ2) is 2.67. The van der Waals surface area contributed by atoms with Gasteiger partial charge in [-0.05, 0) is 36.8 Å². The first-order valence-electron chi connectivity index (χ1n) is 3.94. The fourth-order valence-electron chi connectivity index (χ4n) is 1.35. The highest BCUT2D eigenvalue weighted by Gasteiger charge is 2.04. The SMILES string of the molecule is Cc1cc2c(cc1F)[nH]c(=S)n2C. The smallest absolute Gasteiger partial charge is 0.177 e. The number of hydrogen-bond acceptors (Lipinski definition) is 1. The molecule has 0 radical (unpaired) electrons. The van der Waals surface area contributed by atoms with Gasteiger partial charge in [-0.25, -0.2) is 4.39 Å². The van der Waals surface area contributed by atoms with Crippen molar-refractivity contribution < 1.29 is 4.39 Å². The Kier molecular flexibility index (Phi) is 1.73. The zero-order valence-corrected chi connectivity index (χ0v) is 8.20. The van der Waals surface area contributed by atoms with E-state index in [9.17, 15) is 4.39 Å². The number of aromatic nitrogens is 2. The molecular weight excluding hydrogens is 187 g/mol. The van der Waals surface area contributed by atoms with Crippen LogP contribution in [0.3, 0.4) is 0 Å². The van der Waals surface area contributed by atoms with Crippen molar-refractivity contribution in [3.8, 4) is 0 Å². The summed E-state index contributed by atoms with van der Waals surface area (Å²) in [5.74, 6) is -0.204. The van der Waals surface area contributed by atoms with E-state index < -0.39 is 0 Å². The zero-order valence-electron chi connectivity index (χ0n) is 7.39. The molecule has 0 aliphatic rings. The van der Waals surface area contributed by atoms with Gasteiger partial charge < -0.3 is 9.55 Å². The molecule has 0 aliphatic heterocycles. The fourth-order valence-corrected chi connectivity index (χ4v) is 1.56. The van der Waals surface area contributed by atoms with Crippen molar-refractivity contribution in [1.82, 2.24) is 9.55 Å². The topological polar surface area (TPSA) is 20.7 Å². The lowest BCUT2D eigenvalue weighted by Gasteiger charge is -1.97. The molecule has 1 aromatic carbocycles. The van der Waals surface area contributed by atoms with Gasteiger partial charge in [0.15, 0.2) is 4.77 Å². The van der Waals surface area contributed by atoms with Crippen molar-refractivity contribution in [3.05, 3.63) is 28.3 Å². The Labute approximate surface area is 80.0 Å². The number of imidazole rings is 1. The van der Waals surface area contributed by atoms with E-state index in [1.54, 1.807) is 13.0 Å². The molecule has 2 nitrogen and oxygen atoms in total. The number of rotatable bonds is 0. The molecular formula is C9H9FN2S. The molecule has 0 unspecified atom stereocenters. The van der Waals surface area contributed by atoms with Gasteiger partial charge in [0.25, 0.3) is 0 Å². The van der Waals surface area contributed by atoms with Gasteiger partial charge in [-0.2, -0.15) is 0 Å². The lowest BCUT2D eigenvalue weighted by molar-refractivity contribution is 0.620. The van der Waals surface area contributed by atoms with E-state index in [0.29, 0.717) is 10.3 Å². The highest BCUT2D eigenvalue weighted by molar-refractivity contribution is 7.71. The van der Waals surface area contributed by atoms with Crippen LogP contribution in [-0.2, 0) is 7.05 Å². The van der Waals surface area contributed by atoms with Crippen molar-refractivity contribution in [3.63, 3.8) is 0 Å². The number of nitrogens with one attached hydrogen (secondary N) is 1. The van der Waals surface area contributed by atoms with Crippen molar-refractivity contribution in [2.45, 2.75) is 6.92 Å². The maximum Gasteiger partial charge on any atom is 0.177 e. The van der Waals surface area contributed by atoms with E-state index in [-0.39, 0.29) is 5.82 Å². The van der Waals surface area contributed by atoms with Crippen LogP contribution >= 0.6 is 12.2 Å². The largest absolute Gasteiger partial charge is 0.330 e. The first kappa shape index (κ1) is 8.44. The third-order valence-corrected chi connectivity index (χ3v) is 2.56. The molecule has 0 atom stereocenters. The van der Waals surface area contributed by atoms with Crippen LogP contribution in [0.15, 0.2) is 12.1 Å². The van der Waals surface area contributed by atoms with Gasteiger partial charge in [-0.1, -0.05) is 0 Å². The van der Waals surface area contributed by atoms with Crippen LogP contribution in [0.25, 0.3) is 11.0 Å². The van der Waals surface area contributed by atoms with E-state index in [2.05, 4.69) is 4.98 Å². The Bertz CT molecular complexity index is 524. The minimum atomic E-state index is -0.204. The molecule has 4 heteroatoms. The number of aryl methyl sites for hydroxylation is 2. The van der Waals surface area contributed by atoms with Gasteiger partial charge in [0, 0.05) is 7.05 Å². The molecule has 2 rings (SSSR count). The predicted octanol–water partition coefficient (Wildman–Crippen LogP) is 2.68. The molecule has 68 valence electrons. The Hall–Kier alpha value is -1.16. The molecule has 1 heterocycles. The fraction of sp³-hybridized carbons (Fsp3) is 0.222. The predicted molar refractivity (Wildman–Crippen MR) is 52.8 cm³/mol. The summed E-state index contributed by atoms with van der Waals surface area (Å²) >= 11 is 5.03. The molecule has 0 saturated carbocycles. The Balaban J connectivity index is 2.97. The number of halogens is 1. The van der Waals surface area contributed by atoms with Gasteiger partial charge in [0.05, 0.1) is 11.0 Å². The molecule has 0 saturated heterocycles. The van der Waals surface area contributed by atoms with Crippen LogP contribution in [0.1, 0.15) is 5.56 Å². The van der Waals surface area contributed by atoms with Gasteiger partial charge in [0.1, 0.15) is 5.82 Å². The monoisotopic (exact) mass is 196 g/mol. The summed E-state index contributed by atoms with van der Waals surface area (Å²) in [6, 6.07) is 3.26. The van der Waals surface area contributed by atoms with E-state index in [1.165, 1.54) is 6.07 Å². The maximum absolute atomic E-state index is 13.1. The summed E-state index contributed by atoms with van der Waals surface area (Å²) in [5.41, 5.74) is 2.32. The highest BCUT2D eigenvalue weighted by Crippen LogP contribution is 2.17. The van der Waals surface area contributed by atoms with Crippen LogP contribution < -0.4 is 0 Å². The second-order valence-electron chi connectivity index (χ2n) is 3.11. The van der Waals surface area contributed by atoms with E-state index >= 15 is 0 Å². The summed E-state index contributed by atoms with van der Waals surface area (Å²) < 4.78 is 15.6. The van der Waals surface area contributed by atoms with E-state index in [1.807, 2.05) is 11.6 Å². The third kappa shape index (κ3) is 1.18. The van der Waals surface area contributed by atoms with E-state index in [4.69, 9.17) is 12.2 Å². The van der Waals surface area contributed by atoms with Crippen LogP contribution in [-0.4, -0.2) is 9.55 Å². The lowest BCUT2D eigenvalue weighted by Crippen LogP contribution is -1.88. The average molecular weight is 196 g/mol. The molecule has 0 fully saturated rings. The normalized spacial score (nSPS) is 11.0. The lowest BCUT2D eigenvalue weighted by atomic mass is 10.2. The zero-order chi connectivity index (χ0) is 9.59. The summed E-state index contributed by atoms with van der Waals surface area (Å²) in [7, 11) is 1.86. The van der Waals surface area contributed by atoms with Gasteiger partial charge in [-0.15, -0.1) is 0 Å². The van der Waals surface area contributed by atoms with Crippen molar-refractivity contribution in [1.29, 1.82) is 0 Å². The second-order valence-corrected chi connectivity index (χ2v) is 3.49. The third-order valence-electron chi connectivity index (χ3n) is 2.18. The van der Waals surface area contributed by atoms with E-state index in [0.717, 1.165) is 11.0 Å². The molecule has 0 spiro atoms. The Morgan fingerprint density at radius 2 is 2.15 bits per heavy atom. The molecule has 1 aromatic heterocycles. The summed E-state index contributed by atoms with van der Waals surface area (Å²) in [6.07, 6.45) is 0. The van der Waals surface area contributed by atoms with Crippen molar-refractivity contribution in [2.75, 3.05) is 0 Å². The number of H-pyrrole nitrogens is 1. The number of hydrogen-bond donors (Lipinski definition) is 1. The van der Waals surface area contributed by atoms with Gasteiger partial charge in [0.2, 0.25) is 0 Å². The minimum Gasteiger partial charge on any atom is -0.330 e. The summed E-state index contributed by atoms with van der Waals surface area (Å²) in [4.78, 5) is 2.93. The molecule has 2 aromatic rings. The first-order chi connectivity index (χ1) is 6.09. The summed E-state index contributed by atoms with van der Waals surface area (Å²) in [5, 5.41) is 0. The molecule has 0 amide bonds. The quantitative estimate of drug-likeness (QED) is 0.642. The average Bonchev–Trinajstić information content (AvgIpc) is 2.32. The Morgan fingerprint density at radius 3 is 2.85 bits per heavy atom. The Morgan fingerprint density at radius 1 is 1.46 bits per heavy atom. The maximum atomic E-state index is 13.1. The number of fused-ring (bicyclic) bond motifs is 1. The van der Waals surface area contributed by atoms with Gasteiger partial charge >= 0.3 is 0 Å². The number of nitrogens with zero attached hydrogens (tertiary/aromatic N) is 1. The van der Waals surface area contributed by atoms with Crippen molar-refractivity contribution >= 4 is 23.3 Å². The number of aromatic amines is 1. The number of benzene rings is 1. The summed E-state index contributed by atoms with van der Waals surface area (Å²) in [6.45, 7) is 1.74. The van der Waals surface area contributed by atoms with Crippen LogP contribution in [0.2, 0.25) is 0 Å². The molecule has 0 bridgehead atoms. The van der Waals surface area contributed by atoms with Crippen molar-refractivity contribution in [2.24, 2.45) is 7.05 Å². The molecule has 13 heavy (non-hydrogen) atoms. The standard InChI is InChI=1S/C9H9FN2S/c1-5-3-8-7(4-6(5)10)11-9(13)12(8)2/h3-4H,1-2H3,(H,11,13). The van der Waals surface area contributed by atoms with Crippen LogP contribution in [0.5, 0.6) is 0 Å².